The molecule has 0 fully saturated rings. The van der Waals surface area contributed by atoms with E-state index in [0.717, 1.165) is 0 Å². The van der Waals surface area contributed by atoms with Crippen molar-refractivity contribution in [1.29, 1.82) is 0 Å². The van der Waals surface area contributed by atoms with E-state index in [-0.39, 0.29) is 16.2 Å². The lowest BCUT2D eigenvalue weighted by atomic mass is 9.82. The second-order valence-electron chi connectivity index (χ2n) is 17.0. The Hall–Kier alpha value is -5.08. The Labute approximate surface area is 306 Å². The average molecular weight is 669 g/mol. The third kappa shape index (κ3) is 6.49. The molecule has 0 bridgehead atoms. The lowest BCUT2D eigenvalue weighted by molar-refractivity contribution is 0.590. The summed E-state index contributed by atoms with van der Waals surface area (Å²) in [6.07, 6.45) is 0. The van der Waals surface area contributed by atoms with Gasteiger partial charge in [0.15, 0.2) is 0 Å². The fourth-order valence-electron chi connectivity index (χ4n) is 7.55. The van der Waals surface area contributed by atoms with E-state index in [9.17, 15) is 0 Å². The minimum absolute atomic E-state index is 0.0818. The molecule has 7 rings (SSSR count). The fraction of sp³-hybridized carbons (Fsp3) is 0.265. The highest BCUT2D eigenvalue weighted by atomic mass is 15.1. The van der Waals surface area contributed by atoms with Crippen molar-refractivity contribution < 1.29 is 0 Å². The predicted molar refractivity (Wildman–Crippen MR) is 221 cm³/mol. The zero-order valence-corrected chi connectivity index (χ0v) is 32.1. The zero-order chi connectivity index (χ0) is 36.3. The summed E-state index contributed by atoms with van der Waals surface area (Å²) in [5.74, 6) is 0. The average Bonchev–Trinajstić information content (AvgIpc) is 3.35. The fourth-order valence-corrected chi connectivity index (χ4v) is 7.55. The van der Waals surface area contributed by atoms with E-state index >= 15 is 0 Å². The van der Waals surface area contributed by atoms with Crippen LogP contribution in [-0.2, 0) is 16.2 Å². The van der Waals surface area contributed by atoms with E-state index in [1.165, 1.54) is 78.4 Å². The third-order valence-electron chi connectivity index (χ3n) is 11.1. The van der Waals surface area contributed by atoms with Gasteiger partial charge in [-0.2, -0.15) is 0 Å². The zero-order valence-electron chi connectivity index (χ0n) is 32.1. The van der Waals surface area contributed by atoms with Gasteiger partial charge in [-0.1, -0.05) is 128 Å². The number of anilines is 4. The molecule has 0 spiro atoms. The first kappa shape index (κ1) is 34.4. The summed E-state index contributed by atoms with van der Waals surface area (Å²) in [5, 5.41) is 0. The van der Waals surface area contributed by atoms with Crippen LogP contribution in [0.15, 0.2) is 133 Å². The molecular weight excluding hydrogens is 617 g/mol. The van der Waals surface area contributed by atoms with Crippen LogP contribution in [0.25, 0.3) is 33.4 Å². The SMILES string of the molecule is CN(c1ccc(-c2cccc(-c3ccc4c(c3)-c3ccc(N(C)c5ccc(C(C)(C)C)cc5)cc3C4(C)C)c2)cc1)c1ccc(C(C)(C)C)cc1. The van der Waals surface area contributed by atoms with Crippen molar-refractivity contribution >= 4 is 22.7 Å². The van der Waals surface area contributed by atoms with Crippen molar-refractivity contribution in [3.63, 3.8) is 0 Å². The van der Waals surface area contributed by atoms with E-state index in [2.05, 4.69) is 213 Å². The van der Waals surface area contributed by atoms with Crippen LogP contribution < -0.4 is 9.80 Å². The molecule has 0 aromatic heterocycles. The van der Waals surface area contributed by atoms with E-state index in [1.54, 1.807) is 0 Å². The van der Waals surface area contributed by atoms with Gasteiger partial charge < -0.3 is 9.80 Å². The van der Waals surface area contributed by atoms with Gasteiger partial charge in [-0.15, -0.1) is 0 Å². The molecule has 51 heavy (non-hydrogen) atoms. The van der Waals surface area contributed by atoms with Crippen LogP contribution in [0.5, 0.6) is 0 Å². The topological polar surface area (TPSA) is 6.48 Å². The molecule has 0 saturated heterocycles. The van der Waals surface area contributed by atoms with Crippen LogP contribution in [-0.4, -0.2) is 14.1 Å². The summed E-state index contributed by atoms with van der Waals surface area (Å²) in [4.78, 5) is 4.55. The molecule has 2 nitrogen and oxygen atoms in total. The van der Waals surface area contributed by atoms with Crippen molar-refractivity contribution in [3.8, 4) is 33.4 Å². The predicted octanol–water partition coefficient (Wildman–Crippen LogP) is 13.5. The maximum Gasteiger partial charge on any atom is 0.0411 e. The van der Waals surface area contributed by atoms with Crippen LogP contribution >= 0.6 is 0 Å². The van der Waals surface area contributed by atoms with Crippen molar-refractivity contribution in [2.75, 3.05) is 23.9 Å². The van der Waals surface area contributed by atoms with E-state index in [4.69, 9.17) is 0 Å². The molecule has 0 heterocycles. The van der Waals surface area contributed by atoms with Crippen molar-refractivity contribution in [2.45, 2.75) is 71.6 Å². The maximum atomic E-state index is 2.40. The Morgan fingerprint density at radius 1 is 0.392 bits per heavy atom. The van der Waals surface area contributed by atoms with Crippen LogP contribution in [0.4, 0.5) is 22.7 Å². The number of benzene rings is 6. The molecule has 0 radical (unpaired) electrons. The molecule has 2 heteroatoms. The van der Waals surface area contributed by atoms with Crippen LogP contribution in [0.2, 0.25) is 0 Å². The summed E-state index contributed by atoms with van der Waals surface area (Å²) in [6.45, 7) is 18.3. The van der Waals surface area contributed by atoms with Crippen molar-refractivity contribution in [2.24, 2.45) is 0 Å². The molecule has 0 aliphatic heterocycles. The van der Waals surface area contributed by atoms with Crippen LogP contribution in [0.1, 0.15) is 77.6 Å². The van der Waals surface area contributed by atoms with E-state index in [1.807, 2.05) is 0 Å². The standard InChI is InChI=1S/C49H52N2/c1-47(2,3)37-17-23-40(24-18-37)50(9)39-21-14-33(15-22-39)34-12-11-13-35(30-34)36-16-29-45-44(31-36)43-28-27-42(32-46(43)49(45,7)8)51(10)41-25-19-38(20-26-41)48(4,5)6/h11-32H,1-10H3. The van der Waals surface area contributed by atoms with Gasteiger partial charge in [0.25, 0.3) is 0 Å². The van der Waals surface area contributed by atoms with Gasteiger partial charge >= 0.3 is 0 Å². The molecular formula is C49H52N2. The minimum Gasteiger partial charge on any atom is -0.345 e. The van der Waals surface area contributed by atoms with Gasteiger partial charge in [-0.3, -0.25) is 0 Å². The molecule has 0 unspecified atom stereocenters. The first-order valence-corrected chi connectivity index (χ1v) is 18.3. The van der Waals surface area contributed by atoms with Crippen LogP contribution in [0.3, 0.4) is 0 Å². The second kappa shape index (κ2) is 12.6. The second-order valence-corrected chi connectivity index (χ2v) is 17.0. The first-order chi connectivity index (χ1) is 24.1. The van der Waals surface area contributed by atoms with Crippen molar-refractivity contribution in [3.05, 3.63) is 156 Å². The van der Waals surface area contributed by atoms with Gasteiger partial charge in [0.05, 0.1) is 0 Å². The quantitative estimate of drug-likeness (QED) is 0.174. The molecule has 1 aliphatic rings. The smallest absolute Gasteiger partial charge is 0.0411 e. The number of fused-ring (bicyclic) bond motifs is 3. The number of rotatable bonds is 6. The highest BCUT2D eigenvalue weighted by molar-refractivity contribution is 5.87. The van der Waals surface area contributed by atoms with Gasteiger partial charge in [0.1, 0.15) is 0 Å². The van der Waals surface area contributed by atoms with Gasteiger partial charge in [0, 0.05) is 42.3 Å². The normalized spacial score (nSPS) is 13.5. The Morgan fingerprint density at radius 3 is 1.35 bits per heavy atom. The molecule has 6 aromatic carbocycles. The lowest BCUT2D eigenvalue weighted by Gasteiger charge is -2.26. The Balaban J connectivity index is 1.13. The Morgan fingerprint density at radius 2 is 0.824 bits per heavy atom. The Kier molecular flexibility index (Phi) is 8.49. The summed E-state index contributed by atoms with van der Waals surface area (Å²) < 4.78 is 0. The molecule has 0 atom stereocenters. The molecule has 1 aliphatic carbocycles. The summed E-state index contributed by atoms with van der Waals surface area (Å²) >= 11 is 0. The first-order valence-electron chi connectivity index (χ1n) is 18.3. The van der Waals surface area contributed by atoms with Crippen molar-refractivity contribution in [1.82, 2.24) is 0 Å². The highest BCUT2D eigenvalue weighted by Gasteiger charge is 2.36. The van der Waals surface area contributed by atoms with Crippen LogP contribution in [0, 0.1) is 0 Å². The minimum atomic E-state index is -0.0818. The van der Waals surface area contributed by atoms with Gasteiger partial charge in [-0.05, 0) is 127 Å². The summed E-state index contributed by atoms with van der Waals surface area (Å²) in [7, 11) is 4.31. The summed E-state index contributed by atoms with van der Waals surface area (Å²) in [6, 6.07) is 49.9. The lowest BCUT2D eigenvalue weighted by Crippen LogP contribution is -2.16. The third-order valence-corrected chi connectivity index (χ3v) is 11.1. The Bertz CT molecular complexity index is 2190. The number of hydrogen-bond donors (Lipinski definition) is 0. The maximum absolute atomic E-state index is 2.40. The van der Waals surface area contributed by atoms with Gasteiger partial charge in [0.2, 0.25) is 0 Å². The van der Waals surface area contributed by atoms with Gasteiger partial charge in [-0.25, -0.2) is 0 Å². The van der Waals surface area contributed by atoms with E-state index < -0.39 is 0 Å². The monoisotopic (exact) mass is 668 g/mol. The highest BCUT2D eigenvalue weighted by Crippen LogP contribution is 2.51. The number of nitrogens with zero attached hydrogens (tertiary/aromatic N) is 2. The molecule has 258 valence electrons. The molecule has 0 amide bonds. The molecule has 0 saturated carbocycles. The summed E-state index contributed by atoms with van der Waals surface area (Å²) in [5.41, 5.74) is 18.0. The van der Waals surface area contributed by atoms with E-state index in [0.29, 0.717) is 0 Å². The largest absolute Gasteiger partial charge is 0.345 e. The molecule has 6 aromatic rings. The molecule has 0 N–H and O–H groups in total. The number of hydrogen-bond acceptors (Lipinski definition) is 2.